The van der Waals surface area contributed by atoms with Crippen molar-refractivity contribution in [3.8, 4) is 0 Å². The molecule has 0 aromatic heterocycles. The fourth-order valence-electron chi connectivity index (χ4n) is 1.13. The summed E-state index contributed by atoms with van der Waals surface area (Å²) in [7, 11) is -4.24. The van der Waals surface area contributed by atoms with Crippen LogP contribution in [0.2, 0.25) is 0 Å². The predicted molar refractivity (Wildman–Crippen MR) is 67.6 cm³/mol. The van der Waals surface area contributed by atoms with E-state index in [0.29, 0.717) is 0 Å². The summed E-state index contributed by atoms with van der Waals surface area (Å²) in [4.78, 5) is 31.3. The Balaban J connectivity index is 4.30. The van der Waals surface area contributed by atoms with Crippen molar-refractivity contribution in [1.82, 2.24) is 5.32 Å². The standard InChI is InChI=1S/C8H16NO9PS/c10-2-5(12)8(15)4(11)1-6(13)9-7(14)3-19(16,17)18-20/h4-5,8,10-12,15,20H,1-3H2,(H,16,17)(H,9,13,14)/t4-,5-,8+/m1/s1. The zero-order valence-corrected chi connectivity index (χ0v) is 11.9. The van der Waals surface area contributed by atoms with Gasteiger partial charge in [-0.05, 0) is 12.9 Å². The van der Waals surface area contributed by atoms with E-state index in [1.54, 1.807) is 5.32 Å². The van der Waals surface area contributed by atoms with E-state index in [4.69, 9.17) is 15.1 Å². The summed E-state index contributed by atoms with van der Waals surface area (Å²) in [6.45, 7) is -0.828. The zero-order valence-electron chi connectivity index (χ0n) is 10.1. The van der Waals surface area contributed by atoms with E-state index in [2.05, 4.69) is 16.9 Å². The van der Waals surface area contributed by atoms with Gasteiger partial charge in [0.2, 0.25) is 11.8 Å². The van der Waals surface area contributed by atoms with Crippen LogP contribution in [0.3, 0.4) is 0 Å². The lowest BCUT2D eigenvalue weighted by Crippen LogP contribution is -2.43. The van der Waals surface area contributed by atoms with Crippen LogP contribution in [-0.4, -0.2) is 68.2 Å². The summed E-state index contributed by atoms with van der Waals surface area (Å²) >= 11 is 3.08. The molecule has 0 aliphatic heterocycles. The SMILES string of the molecule is O=C(C[C@@H](O)[C@H](O)[C@H](O)CO)NC(=O)CP(=O)(O)OS. The van der Waals surface area contributed by atoms with E-state index in [-0.39, 0.29) is 0 Å². The molecule has 2 amide bonds. The number of imide groups is 1. The second kappa shape index (κ2) is 8.70. The first kappa shape index (κ1) is 19.5. The molecular weight excluding hydrogens is 317 g/mol. The van der Waals surface area contributed by atoms with Gasteiger partial charge >= 0.3 is 7.60 Å². The molecule has 0 heterocycles. The molecule has 0 aromatic carbocycles. The van der Waals surface area contributed by atoms with Crippen LogP contribution in [0.25, 0.3) is 0 Å². The molecule has 0 aliphatic rings. The zero-order chi connectivity index (χ0) is 15.9. The number of hydrogen-bond acceptors (Lipinski definition) is 9. The van der Waals surface area contributed by atoms with Gasteiger partial charge in [-0.15, -0.1) is 0 Å². The number of amides is 2. The van der Waals surface area contributed by atoms with Crippen LogP contribution >= 0.6 is 20.5 Å². The Bertz CT molecular complexity index is 392. The molecular formula is C8H16NO9PS. The van der Waals surface area contributed by atoms with Gasteiger partial charge in [0.15, 0.2) is 0 Å². The number of nitrogens with one attached hydrogen (secondary N) is 1. The van der Waals surface area contributed by atoms with Gasteiger partial charge in [-0.25, -0.2) is 3.97 Å². The van der Waals surface area contributed by atoms with Crippen molar-refractivity contribution in [3.05, 3.63) is 0 Å². The molecule has 1 unspecified atom stereocenters. The summed E-state index contributed by atoms with van der Waals surface area (Å²) in [5.74, 6) is -2.19. The third-order valence-electron chi connectivity index (χ3n) is 2.12. The number of aliphatic hydroxyl groups is 4. The fraction of sp³-hybridized carbons (Fsp3) is 0.750. The highest BCUT2D eigenvalue weighted by Crippen LogP contribution is 2.42. The lowest BCUT2D eigenvalue weighted by molar-refractivity contribution is -0.133. The number of hydrogen-bond donors (Lipinski definition) is 7. The van der Waals surface area contributed by atoms with Gasteiger partial charge in [0.1, 0.15) is 18.4 Å². The van der Waals surface area contributed by atoms with Crippen molar-refractivity contribution >= 4 is 32.3 Å². The highest BCUT2D eigenvalue weighted by molar-refractivity contribution is 7.81. The molecule has 0 fully saturated rings. The number of rotatable bonds is 8. The van der Waals surface area contributed by atoms with Crippen LogP contribution in [0, 0.1) is 0 Å². The molecule has 20 heavy (non-hydrogen) atoms. The second-order valence-electron chi connectivity index (χ2n) is 3.86. The molecule has 0 saturated heterocycles. The van der Waals surface area contributed by atoms with E-state index < -0.39 is 56.9 Å². The Labute approximate surface area is 119 Å². The summed E-state index contributed by atoms with van der Waals surface area (Å²) in [5.41, 5.74) is 0. The first-order chi connectivity index (χ1) is 9.12. The summed E-state index contributed by atoms with van der Waals surface area (Å²) < 4.78 is 14.8. The maximum absolute atomic E-state index is 11.3. The van der Waals surface area contributed by atoms with Gasteiger partial charge in [-0.2, -0.15) is 0 Å². The normalized spacial score (nSPS) is 18.7. The molecule has 0 spiro atoms. The van der Waals surface area contributed by atoms with Crippen LogP contribution in [0.5, 0.6) is 0 Å². The number of carbonyl (C=O) groups excluding carboxylic acids is 2. The van der Waals surface area contributed by atoms with Gasteiger partial charge in [0.25, 0.3) is 0 Å². The smallest absolute Gasteiger partial charge is 0.348 e. The predicted octanol–water partition coefficient (Wildman–Crippen LogP) is -2.86. The molecule has 0 radical (unpaired) electrons. The second-order valence-corrected chi connectivity index (χ2v) is 6.10. The van der Waals surface area contributed by atoms with Gasteiger partial charge in [0, 0.05) is 0 Å². The summed E-state index contributed by atoms with van der Waals surface area (Å²) in [6, 6.07) is 0. The molecule has 0 saturated carbocycles. The average molecular weight is 333 g/mol. The Hall–Kier alpha value is -0.520. The van der Waals surface area contributed by atoms with Crippen LogP contribution < -0.4 is 5.32 Å². The van der Waals surface area contributed by atoms with Gasteiger partial charge in [-0.1, -0.05) is 0 Å². The van der Waals surface area contributed by atoms with Crippen molar-refractivity contribution in [2.24, 2.45) is 0 Å². The first-order valence-electron chi connectivity index (χ1n) is 5.25. The van der Waals surface area contributed by atoms with Crippen molar-refractivity contribution in [3.63, 3.8) is 0 Å². The van der Waals surface area contributed by atoms with Gasteiger partial charge in [0.05, 0.1) is 19.1 Å². The van der Waals surface area contributed by atoms with Crippen molar-refractivity contribution in [1.29, 1.82) is 0 Å². The van der Waals surface area contributed by atoms with Crippen LogP contribution in [0.1, 0.15) is 6.42 Å². The van der Waals surface area contributed by atoms with Crippen molar-refractivity contribution < 1.29 is 43.4 Å². The first-order valence-corrected chi connectivity index (χ1v) is 7.38. The van der Waals surface area contributed by atoms with E-state index in [0.717, 1.165) is 0 Å². The largest absolute Gasteiger partial charge is 0.394 e. The van der Waals surface area contributed by atoms with Gasteiger partial charge < -0.3 is 25.3 Å². The highest BCUT2D eigenvalue weighted by Gasteiger charge is 2.28. The Morgan fingerprint density at radius 1 is 1.20 bits per heavy atom. The third-order valence-corrected chi connectivity index (χ3v) is 3.83. The monoisotopic (exact) mass is 333 g/mol. The van der Waals surface area contributed by atoms with E-state index in [9.17, 15) is 24.4 Å². The maximum atomic E-state index is 11.3. The minimum absolute atomic E-state index is 0.762. The summed E-state index contributed by atoms with van der Waals surface area (Å²) in [5, 5.41) is 37.8. The molecule has 0 aromatic rings. The number of aliphatic hydroxyl groups excluding tert-OH is 4. The minimum atomic E-state index is -4.24. The molecule has 118 valence electrons. The van der Waals surface area contributed by atoms with Crippen LogP contribution in [0.4, 0.5) is 0 Å². The number of carbonyl (C=O) groups is 2. The summed E-state index contributed by atoms with van der Waals surface area (Å²) in [6.07, 6.45) is -6.94. The Kier molecular flexibility index (Phi) is 8.47. The highest BCUT2D eigenvalue weighted by atomic mass is 32.1. The molecule has 10 nitrogen and oxygen atoms in total. The van der Waals surface area contributed by atoms with Crippen molar-refractivity contribution in [2.75, 3.05) is 12.8 Å². The third kappa shape index (κ3) is 7.31. The fourth-order valence-corrected chi connectivity index (χ4v) is 1.80. The minimum Gasteiger partial charge on any atom is -0.394 e. The van der Waals surface area contributed by atoms with Crippen molar-refractivity contribution in [2.45, 2.75) is 24.7 Å². The van der Waals surface area contributed by atoms with E-state index in [1.165, 1.54) is 0 Å². The van der Waals surface area contributed by atoms with Crippen LogP contribution in [0.15, 0.2) is 0 Å². The quantitative estimate of drug-likeness (QED) is 0.140. The topological polar surface area (TPSA) is 174 Å². The molecule has 12 heteroatoms. The number of thiol groups is 1. The molecule has 4 atom stereocenters. The lowest BCUT2D eigenvalue weighted by atomic mass is 10.1. The van der Waals surface area contributed by atoms with E-state index >= 15 is 0 Å². The molecule has 6 N–H and O–H groups in total. The lowest BCUT2D eigenvalue weighted by Gasteiger charge is -2.20. The van der Waals surface area contributed by atoms with Gasteiger partial charge in [-0.3, -0.25) is 19.5 Å². The van der Waals surface area contributed by atoms with Crippen LogP contribution in [-0.2, 0) is 18.1 Å². The Morgan fingerprint density at radius 2 is 1.75 bits per heavy atom. The average Bonchev–Trinajstić information content (AvgIpc) is 2.35. The van der Waals surface area contributed by atoms with E-state index in [1.807, 2.05) is 0 Å². The Morgan fingerprint density at radius 3 is 2.20 bits per heavy atom. The molecule has 0 rings (SSSR count). The maximum Gasteiger partial charge on any atom is 0.348 e. The molecule has 0 aliphatic carbocycles. The molecule has 0 bridgehead atoms.